The second kappa shape index (κ2) is 8.60. The Morgan fingerprint density at radius 3 is 2.52 bits per heavy atom. The van der Waals surface area contributed by atoms with Gasteiger partial charge in [-0.05, 0) is 66.8 Å². The summed E-state index contributed by atoms with van der Waals surface area (Å²) < 4.78 is 28.2. The topological polar surface area (TPSA) is 110 Å². The van der Waals surface area contributed by atoms with E-state index in [2.05, 4.69) is 4.72 Å². The maximum atomic E-state index is 12.7. The van der Waals surface area contributed by atoms with Gasteiger partial charge in [0.2, 0.25) is 10.0 Å². The number of non-ortho nitro benzene ring substituents is 1. The van der Waals surface area contributed by atoms with E-state index in [4.69, 9.17) is 0 Å². The number of sulfonamides is 1. The molecule has 0 saturated heterocycles. The molecule has 4 rings (SSSR count). The van der Waals surface area contributed by atoms with Crippen molar-refractivity contribution in [1.82, 2.24) is 4.72 Å². The van der Waals surface area contributed by atoms with Gasteiger partial charge in [-0.1, -0.05) is 12.8 Å². The number of nitrogens with one attached hydrogen (secondary N) is 1. The molecule has 1 N–H and O–H groups in total. The molecule has 0 radical (unpaired) electrons. The second-order valence-electron chi connectivity index (χ2n) is 7.82. The van der Waals surface area contributed by atoms with Gasteiger partial charge in [0, 0.05) is 36.5 Å². The molecule has 2 aromatic rings. The lowest BCUT2D eigenvalue weighted by Gasteiger charge is -2.16. The van der Waals surface area contributed by atoms with Gasteiger partial charge in [0.15, 0.2) is 0 Å². The lowest BCUT2D eigenvalue weighted by molar-refractivity contribution is -0.384. The summed E-state index contributed by atoms with van der Waals surface area (Å²) >= 11 is 0. The zero-order valence-corrected chi connectivity index (χ0v) is 17.7. The van der Waals surface area contributed by atoms with Crippen LogP contribution in [0.2, 0.25) is 0 Å². The quantitative estimate of drug-likeness (QED) is 0.420. The van der Waals surface area contributed by atoms with Gasteiger partial charge in [0.1, 0.15) is 0 Å². The van der Waals surface area contributed by atoms with Crippen molar-refractivity contribution in [3.05, 3.63) is 69.8 Å². The number of amides is 1. The van der Waals surface area contributed by atoms with Crippen molar-refractivity contribution in [2.45, 2.75) is 43.0 Å². The van der Waals surface area contributed by atoms with E-state index >= 15 is 0 Å². The Labute approximate surface area is 180 Å². The van der Waals surface area contributed by atoms with Crippen LogP contribution in [0, 0.1) is 10.1 Å². The van der Waals surface area contributed by atoms with E-state index in [0.29, 0.717) is 24.2 Å². The molecule has 2 aromatic carbocycles. The molecule has 162 valence electrons. The van der Waals surface area contributed by atoms with Crippen molar-refractivity contribution in [1.29, 1.82) is 0 Å². The first-order chi connectivity index (χ1) is 14.8. The molecule has 9 heteroatoms. The number of hydrogen-bond donors (Lipinski definition) is 1. The average Bonchev–Trinajstić information content (AvgIpc) is 3.41. The van der Waals surface area contributed by atoms with Crippen LogP contribution in [-0.2, 0) is 21.2 Å². The number of nitro benzene ring substituents is 1. The Kier molecular flexibility index (Phi) is 5.88. The Hall–Kier alpha value is -3.04. The van der Waals surface area contributed by atoms with Crippen LogP contribution >= 0.6 is 0 Å². The molecule has 2 aliphatic rings. The molecule has 0 spiro atoms. The first kappa shape index (κ1) is 21.2. The zero-order chi connectivity index (χ0) is 22.0. The molecule has 1 amide bonds. The van der Waals surface area contributed by atoms with Gasteiger partial charge in [-0.25, -0.2) is 13.1 Å². The number of nitrogens with zero attached hydrogens (tertiary/aromatic N) is 2. The van der Waals surface area contributed by atoms with Crippen LogP contribution in [0.4, 0.5) is 11.4 Å². The number of anilines is 1. The van der Waals surface area contributed by atoms with Gasteiger partial charge in [0.05, 0.1) is 9.82 Å². The Balaban J connectivity index is 1.46. The van der Waals surface area contributed by atoms with Crippen LogP contribution in [0.15, 0.2) is 53.4 Å². The summed E-state index contributed by atoms with van der Waals surface area (Å²) in [6.07, 6.45) is 7.43. The molecule has 1 aliphatic heterocycles. The number of benzene rings is 2. The number of hydrogen-bond acceptors (Lipinski definition) is 5. The number of rotatable bonds is 6. The Bertz CT molecular complexity index is 1140. The van der Waals surface area contributed by atoms with Gasteiger partial charge >= 0.3 is 0 Å². The minimum Gasteiger partial charge on any atom is -0.308 e. The van der Waals surface area contributed by atoms with E-state index in [1.54, 1.807) is 41.3 Å². The summed E-state index contributed by atoms with van der Waals surface area (Å²) in [5, 5.41) is 10.7. The third-order valence-electron chi connectivity index (χ3n) is 5.72. The highest BCUT2D eigenvalue weighted by molar-refractivity contribution is 7.89. The van der Waals surface area contributed by atoms with Crippen LogP contribution in [0.5, 0.6) is 0 Å². The standard InChI is InChI=1S/C22H23N3O5S/c26-22(12-7-16-5-8-19(9-6-16)25(27)28)24-14-13-17-15-20(10-11-21(17)24)31(29,30)23-18-3-1-2-4-18/h5-12,15,18,23H,1-4,13-14H2/b12-7+. The highest BCUT2D eigenvalue weighted by atomic mass is 32.2. The molecule has 0 unspecified atom stereocenters. The van der Waals surface area contributed by atoms with Crippen molar-refractivity contribution in [3.8, 4) is 0 Å². The van der Waals surface area contributed by atoms with Crippen LogP contribution in [0.25, 0.3) is 6.08 Å². The van der Waals surface area contributed by atoms with Crippen LogP contribution in [0.1, 0.15) is 36.8 Å². The fourth-order valence-corrected chi connectivity index (χ4v) is 5.43. The van der Waals surface area contributed by atoms with Crippen LogP contribution in [0.3, 0.4) is 0 Å². The summed E-state index contributed by atoms with van der Waals surface area (Å²) in [7, 11) is -3.57. The normalized spacial score (nSPS) is 16.7. The molecule has 0 aromatic heterocycles. The van der Waals surface area contributed by atoms with E-state index in [0.717, 1.165) is 31.2 Å². The van der Waals surface area contributed by atoms with Gasteiger partial charge in [0.25, 0.3) is 11.6 Å². The first-order valence-electron chi connectivity index (χ1n) is 10.2. The molecule has 31 heavy (non-hydrogen) atoms. The molecule has 8 nitrogen and oxygen atoms in total. The van der Waals surface area contributed by atoms with Crippen molar-refractivity contribution >= 4 is 33.4 Å². The van der Waals surface area contributed by atoms with E-state index in [1.807, 2.05) is 0 Å². The molecular weight excluding hydrogens is 418 g/mol. The number of fused-ring (bicyclic) bond motifs is 1. The lowest BCUT2D eigenvalue weighted by atomic mass is 10.2. The van der Waals surface area contributed by atoms with Crippen LogP contribution < -0.4 is 9.62 Å². The second-order valence-corrected chi connectivity index (χ2v) is 9.53. The zero-order valence-electron chi connectivity index (χ0n) is 16.9. The molecule has 0 bridgehead atoms. The summed E-state index contributed by atoms with van der Waals surface area (Å²) in [6, 6.07) is 10.8. The molecule has 1 saturated carbocycles. The van der Waals surface area contributed by atoms with Crippen molar-refractivity contribution in [3.63, 3.8) is 0 Å². The third kappa shape index (κ3) is 4.67. The van der Waals surface area contributed by atoms with Gasteiger partial charge < -0.3 is 4.90 Å². The predicted octanol–water partition coefficient (Wildman–Crippen LogP) is 3.42. The predicted molar refractivity (Wildman–Crippen MR) is 117 cm³/mol. The van der Waals surface area contributed by atoms with Crippen molar-refractivity contribution in [2.75, 3.05) is 11.4 Å². The fraction of sp³-hybridized carbons (Fsp3) is 0.318. The first-order valence-corrected chi connectivity index (χ1v) is 11.7. The van der Waals surface area contributed by atoms with Gasteiger partial charge in [-0.3, -0.25) is 14.9 Å². The van der Waals surface area contributed by atoms with Crippen molar-refractivity contribution < 1.29 is 18.1 Å². The minimum atomic E-state index is -3.57. The largest absolute Gasteiger partial charge is 0.308 e. The fourth-order valence-electron chi connectivity index (χ4n) is 4.07. The van der Waals surface area contributed by atoms with E-state index in [-0.39, 0.29) is 22.5 Å². The Morgan fingerprint density at radius 2 is 1.84 bits per heavy atom. The summed E-state index contributed by atoms with van der Waals surface area (Å²) in [5.74, 6) is -0.225. The molecule has 1 fully saturated rings. The van der Waals surface area contributed by atoms with Gasteiger partial charge in [-0.15, -0.1) is 0 Å². The smallest absolute Gasteiger partial charge is 0.269 e. The average molecular weight is 442 g/mol. The maximum absolute atomic E-state index is 12.7. The number of nitro groups is 1. The Morgan fingerprint density at radius 1 is 1.13 bits per heavy atom. The summed E-state index contributed by atoms with van der Waals surface area (Å²) in [5.41, 5.74) is 2.20. The van der Waals surface area contributed by atoms with Crippen LogP contribution in [-0.4, -0.2) is 31.8 Å². The van der Waals surface area contributed by atoms with E-state index in [9.17, 15) is 23.3 Å². The highest BCUT2D eigenvalue weighted by Crippen LogP contribution is 2.31. The molecule has 1 aliphatic carbocycles. The summed E-state index contributed by atoms with van der Waals surface area (Å²) in [6.45, 7) is 0.471. The maximum Gasteiger partial charge on any atom is 0.269 e. The highest BCUT2D eigenvalue weighted by Gasteiger charge is 2.27. The van der Waals surface area contributed by atoms with E-state index < -0.39 is 14.9 Å². The lowest BCUT2D eigenvalue weighted by Crippen LogP contribution is -2.32. The minimum absolute atomic E-state index is 0.000823. The van der Waals surface area contributed by atoms with Crippen molar-refractivity contribution in [2.24, 2.45) is 0 Å². The third-order valence-corrected chi connectivity index (χ3v) is 7.24. The monoisotopic (exact) mass is 441 g/mol. The van der Waals surface area contributed by atoms with Gasteiger partial charge in [-0.2, -0.15) is 0 Å². The molecule has 0 atom stereocenters. The summed E-state index contributed by atoms with van der Waals surface area (Å²) in [4.78, 5) is 24.8. The van der Waals surface area contributed by atoms with E-state index in [1.165, 1.54) is 18.2 Å². The molecular formula is C22H23N3O5S. The molecule has 1 heterocycles. The SMILES string of the molecule is O=C(/C=C/c1ccc([N+](=O)[O-])cc1)N1CCc2cc(S(=O)(=O)NC3CCCC3)ccc21. The number of carbonyl (C=O) groups excluding carboxylic acids is 1. The number of carbonyl (C=O) groups is 1.